The molecule has 0 unspecified atom stereocenters. The number of ether oxygens (including phenoxy) is 1. The summed E-state index contributed by atoms with van der Waals surface area (Å²) in [6.07, 6.45) is 1.72. The molecular formula is C14H12N4O3. The van der Waals surface area contributed by atoms with Crippen LogP contribution >= 0.6 is 0 Å². The minimum absolute atomic E-state index is 0.195. The number of rotatable bonds is 4. The zero-order valence-corrected chi connectivity index (χ0v) is 11.2. The van der Waals surface area contributed by atoms with E-state index in [0.29, 0.717) is 35.3 Å². The van der Waals surface area contributed by atoms with Crippen molar-refractivity contribution in [2.45, 2.75) is 6.42 Å². The molecule has 2 heterocycles. The predicted molar refractivity (Wildman–Crippen MR) is 72.8 cm³/mol. The molecule has 0 saturated heterocycles. The number of aromatic hydroxyl groups is 1. The molecule has 3 rings (SSSR count). The van der Waals surface area contributed by atoms with E-state index >= 15 is 0 Å². The predicted octanol–water partition coefficient (Wildman–Crippen LogP) is 1.83. The molecule has 0 fully saturated rings. The van der Waals surface area contributed by atoms with Crippen molar-refractivity contribution in [3.8, 4) is 23.1 Å². The first kappa shape index (κ1) is 13.0. The van der Waals surface area contributed by atoms with Crippen LogP contribution in [0.3, 0.4) is 0 Å². The van der Waals surface area contributed by atoms with Gasteiger partial charge in [0.15, 0.2) is 0 Å². The summed E-state index contributed by atoms with van der Waals surface area (Å²) in [7, 11) is 1.52. The number of hydrogen-bond acceptors (Lipinski definition) is 7. The Labute approximate surface area is 120 Å². The van der Waals surface area contributed by atoms with Crippen LogP contribution in [0.2, 0.25) is 0 Å². The Morgan fingerprint density at radius 2 is 2.10 bits per heavy atom. The number of hydrogen-bond donors (Lipinski definition) is 1. The first-order chi connectivity index (χ1) is 10.3. The van der Waals surface area contributed by atoms with Gasteiger partial charge in [0.25, 0.3) is 0 Å². The maximum Gasteiger partial charge on any atom is 0.231 e. The number of phenolic OH excluding ortho intramolecular Hbond substituents is 1. The highest BCUT2D eigenvalue weighted by molar-refractivity contribution is 5.49. The smallest absolute Gasteiger partial charge is 0.231 e. The van der Waals surface area contributed by atoms with Gasteiger partial charge >= 0.3 is 0 Å². The highest BCUT2D eigenvalue weighted by atomic mass is 16.5. The summed E-state index contributed by atoms with van der Waals surface area (Å²) >= 11 is 0. The number of methoxy groups -OCH3 is 1. The normalized spacial score (nSPS) is 10.5. The Balaban J connectivity index is 1.85. The molecule has 1 aromatic carbocycles. The summed E-state index contributed by atoms with van der Waals surface area (Å²) in [6, 6.07) is 8.62. The van der Waals surface area contributed by atoms with Crippen LogP contribution in [0.15, 0.2) is 41.2 Å². The third-order valence-corrected chi connectivity index (χ3v) is 2.88. The van der Waals surface area contributed by atoms with Crippen LogP contribution in [-0.2, 0) is 6.42 Å². The molecule has 1 N–H and O–H groups in total. The molecule has 3 aromatic rings. The van der Waals surface area contributed by atoms with E-state index in [2.05, 4.69) is 20.1 Å². The summed E-state index contributed by atoms with van der Waals surface area (Å²) in [4.78, 5) is 12.2. The minimum atomic E-state index is 0.195. The number of phenols is 1. The number of para-hydroxylation sites is 1. The lowest BCUT2D eigenvalue weighted by atomic mass is 10.1. The van der Waals surface area contributed by atoms with Crippen molar-refractivity contribution in [1.29, 1.82) is 0 Å². The van der Waals surface area contributed by atoms with Gasteiger partial charge < -0.3 is 14.4 Å². The second kappa shape index (κ2) is 5.58. The van der Waals surface area contributed by atoms with E-state index < -0.39 is 0 Å². The SMILES string of the molecule is COc1cc(-c2noc(Cc3ccccc3O)n2)ncn1. The average Bonchev–Trinajstić information content (AvgIpc) is 2.98. The quantitative estimate of drug-likeness (QED) is 0.781. The molecule has 2 aromatic heterocycles. The lowest BCUT2D eigenvalue weighted by Crippen LogP contribution is -1.92. The van der Waals surface area contributed by atoms with Gasteiger partial charge in [-0.2, -0.15) is 4.98 Å². The van der Waals surface area contributed by atoms with Gasteiger partial charge in [-0.3, -0.25) is 0 Å². The van der Waals surface area contributed by atoms with Gasteiger partial charge in [-0.1, -0.05) is 23.4 Å². The topological polar surface area (TPSA) is 94.2 Å². The first-order valence-electron chi connectivity index (χ1n) is 6.22. The fraction of sp³-hybridized carbons (Fsp3) is 0.143. The van der Waals surface area contributed by atoms with Crippen LogP contribution in [0.25, 0.3) is 11.5 Å². The Morgan fingerprint density at radius 3 is 2.90 bits per heavy atom. The van der Waals surface area contributed by atoms with Gasteiger partial charge in [-0.25, -0.2) is 9.97 Å². The molecule has 0 bridgehead atoms. The van der Waals surface area contributed by atoms with Crippen LogP contribution in [0.5, 0.6) is 11.6 Å². The van der Waals surface area contributed by atoms with E-state index in [1.807, 2.05) is 6.07 Å². The molecule has 0 aliphatic carbocycles. The molecule has 0 amide bonds. The maximum absolute atomic E-state index is 9.74. The van der Waals surface area contributed by atoms with Gasteiger partial charge in [0, 0.05) is 11.6 Å². The Morgan fingerprint density at radius 1 is 1.24 bits per heavy atom. The number of aromatic nitrogens is 4. The molecule has 7 nitrogen and oxygen atoms in total. The highest BCUT2D eigenvalue weighted by Gasteiger charge is 2.12. The van der Waals surface area contributed by atoms with Gasteiger partial charge in [-0.15, -0.1) is 0 Å². The summed E-state index contributed by atoms with van der Waals surface area (Å²) < 4.78 is 10.2. The van der Waals surface area contributed by atoms with E-state index in [4.69, 9.17) is 9.26 Å². The van der Waals surface area contributed by atoms with E-state index in [9.17, 15) is 5.11 Å². The van der Waals surface area contributed by atoms with E-state index in [1.165, 1.54) is 13.4 Å². The monoisotopic (exact) mass is 284 g/mol. The largest absolute Gasteiger partial charge is 0.508 e. The van der Waals surface area contributed by atoms with Crippen molar-refractivity contribution < 1.29 is 14.4 Å². The molecule has 0 saturated carbocycles. The molecular weight excluding hydrogens is 272 g/mol. The van der Waals surface area contributed by atoms with Gasteiger partial charge in [-0.05, 0) is 6.07 Å². The first-order valence-corrected chi connectivity index (χ1v) is 6.22. The fourth-order valence-electron chi connectivity index (χ4n) is 1.83. The van der Waals surface area contributed by atoms with Crippen molar-refractivity contribution >= 4 is 0 Å². The number of nitrogens with zero attached hydrogens (tertiary/aromatic N) is 4. The molecule has 0 spiro atoms. The Bertz CT molecular complexity index is 757. The number of benzene rings is 1. The lowest BCUT2D eigenvalue weighted by molar-refractivity contribution is 0.382. The van der Waals surface area contributed by atoms with Crippen molar-refractivity contribution in [2.24, 2.45) is 0 Å². The molecule has 0 aliphatic rings. The second-order valence-corrected chi connectivity index (χ2v) is 4.26. The van der Waals surface area contributed by atoms with Crippen molar-refractivity contribution in [2.75, 3.05) is 7.11 Å². The van der Waals surface area contributed by atoms with Crippen LogP contribution < -0.4 is 4.74 Å². The molecule has 0 atom stereocenters. The fourth-order valence-corrected chi connectivity index (χ4v) is 1.83. The summed E-state index contributed by atoms with van der Waals surface area (Å²) in [6.45, 7) is 0. The Kier molecular flexibility index (Phi) is 3.46. The second-order valence-electron chi connectivity index (χ2n) is 4.26. The minimum Gasteiger partial charge on any atom is -0.508 e. The zero-order valence-electron chi connectivity index (χ0n) is 11.2. The maximum atomic E-state index is 9.74. The van der Waals surface area contributed by atoms with E-state index in [-0.39, 0.29) is 5.75 Å². The van der Waals surface area contributed by atoms with Crippen molar-refractivity contribution in [3.63, 3.8) is 0 Å². The van der Waals surface area contributed by atoms with Gasteiger partial charge in [0.1, 0.15) is 17.8 Å². The van der Waals surface area contributed by atoms with Gasteiger partial charge in [0.2, 0.25) is 17.6 Å². The van der Waals surface area contributed by atoms with Crippen molar-refractivity contribution in [3.05, 3.63) is 48.1 Å². The highest BCUT2D eigenvalue weighted by Crippen LogP contribution is 2.21. The standard InChI is InChI=1S/C14H12N4O3/c1-20-12-7-10(15-8-16-12)14-17-13(21-18-14)6-9-4-2-3-5-11(9)19/h2-5,7-8,19H,6H2,1H3. The van der Waals surface area contributed by atoms with Crippen LogP contribution in [0.1, 0.15) is 11.5 Å². The summed E-state index contributed by atoms with van der Waals surface area (Å²) in [5.41, 5.74) is 1.22. The van der Waals surface area contributed by atoms with Crippen LogP contribution in [0.4, 0.5) is 0 Å². The van der Waals surface area contributed by atoms with Crippen molar-refractivity contribution in [1.82, 2.24) is 20.1 Å². The van der Waals surface area contributed by atoms with Crippen LogP contribution in [0, 0.1) is 0 Å². The van der Waals surface area contributed by atoms with E-state index in [1.54, 1.807) is 24.3 Å². The van der Waals surface area contributed by atoms with Crippen LogP contribution in [-0.4, -0.2) is 32.3 Å². The third kappa shape index (κ3) is 2.81. The molecule has 7 heteroatoms. The molecule has 21 heavy (non-hydrogen) atoms. The Hall–Kier alpha value is -2.96. The third-order valence-electron chi connectivity index (χ3n) is 2.88. The summed E-state index contributed by atoms with van der Waals surface area (Å²) in [5, 5.41) is 13.6. The molecule has 0 aliphatic heterocycles. The average molecular weight is 284 g/mol. The lowest BCUT2D eigenvalue weighted by Gasteiger charge is -1.99. The summed E-state index contributed by atoms with van der Waals surface area (Å²) in [5.74, 6) is 1.36. The van der Waals surface area contributed by atoms with E-state index in [0.717, 1.165) is 0 Å². The molecule has 0 radical (unpaired) electrons. The molecule has 106 valence electrons. The zero-order chi connectivity index (χ0) is 14.7. The van der Waals surface area contributed by atoms with Gasteiger partial charge in [0.05, 0.1) is 13.5 Å².